The van der Waals surface area contributed by atoms with Crippen LogP contribution in [0.25, 0.3) is 11.1 Å². The number of oxime groups is 1. The minimum Gasteiger partial charge on any atom is -0.384 e. The minimum atomic E-state index is -3.99. The van der Waals surface area contributed by atoms with Crippen molar-refractivity contribution in [3.05, 3.63) is 53.1 Å². The minimum absolute atomic E-state index is 0.0727. The third kappa shape index (κ3) is 4.56. The van der Waals surface area contributed by atoms with Crippen LogP contribution in [0.3, 0.4) is 0 Å². The standard InChI is InChI=1S/C20H20F4N4O3S/c1-11-4-15(23)19(16(24)5-11)14-6-12(22)8-25-20(14)17-7-18(26-31-17)28-3-2-13(9-28)27-32(29,30)10-21/h4-6,8,13,17,27H,2-3,7,9-10H2,1H3/t13-,17?/m0/s1. The summed E-state index contributed by atoms with van der Waals surface area (Å²) in [6, 6.07) is 1.31. The third-order valence-electron chi connectivity index (χ3n) is 5.34. The smallest absolute Gasteiger partial charge is 0.241 e. The Balaban J connectivity index is 1.54. The van der Waals surface area contributed by atoms with Crippen LogP contribution in [0.4, 0.5) is 17.6 Å². The molecule has 3 heterocycles. The summed E-state index contributed by atoms with van der Waals surface area (Å²) in [5.74, 6) is -1.97. The van der Waals surface area contributed by atoms with Crippen LogP contribution in [-0.4, -0.2) is 49.3 Å². The van der Waals surface area contributed by atoms with Gasteiger partial charge in [-0.2, -0.15) is 0 Å². The highest BCUT2D eigenvalue weighted by Crippen LogP contribution is 2.37. The van der Waals surface area contributed by atoms with Gasteiger partial charge in [0.05, 0.1) is 23.9 Å². The number of nitrogens with one attached hydrogen (secondary N) is 1. The first kappa shape index (κ1) is 22.5. The molecule has 1 aromatic heterocycles. The van der Waals surface area contributed by atoms with Gasteiger partial charge >= 0.3 is 0 Å². The molecule has 7 nitrogen and oxygen atoms in total. The summed E-state index contributed by atoms with van der Waals surface area (Å²) in [4.78, 5) is 11.2. The van der Waals surface area contributed by atoms with E-state index in [2.05, 4.69) is 14.9 Å². The number of rotatable bonds is 5. The molecule has 32 heavy (non-hydrogen) atoms. The molecule has 0 radical (unpaired) electrons. The summed E-state index contributed by atoms with van der Waals surface area (Å²) in [6.07, 6.45) is 0.746. The molecule has 2 aliphatic heterocycles. The Bertz CT molecular complexity index is 1150. The van der Waals surface area contributed by atoms with Crippen LogP contribution in [-0.2, 0) is 14.9 Å². The molecule has 12 heteroatoms. The molecule has 4 rings (SSSR count). The van der Waals surface area contributed by atoms with Crippen molar-refractivity contribution >= 4 is 15.9 Å². The van der Waals surface area contributed by atoms with Crippen LogP contribution in [0.2, 0.25) is 0 Å². The number of aryl methyl sites for hydroxylation is 1. The summed E-state index contributed by atoms with van der Waals surface area (Å²) in [5.41, 5.74) is 0.0259. The molecule has 172 valence electrons. The first-order valence-electron chi connectivity index (χ1n) is 9.82. The number of alkyl halides is 1. The van der Waals surface area contributed by atoms with Gasteiger partial charge in [-0.05, 0) is 37.1 Å². The van der Waals surface area contributed by atoms with E-state index in [9.17, 15) is 26.0 Å². The van der Waals surface area contributed by atoms with Gasteiger partial charge in [-0.1, -0.05) is 5.16 Å². The fourth-order valence-corrected chi connectivity index (χ4v) is 4.70. The SMILES string of the molecule is Cc1cc(F)c(-c2cc(F)cnc2C2CC(N3CC[C@H](NS(=O)(=O)CF)C3)=NO2)c(F)c1. The molecule has 2 aliphatic rings. The van der Waals surface area contributed by atoms with Crippen molar-refractivity contribution < 1.29 is 30.8 Å². The van der Waals surface area contributed by atoms with E-state index in [1.807, 2.05) is 0 Å². The fraction of sp³-hybridized carbons (Fsp3) is 0.400. The van der Waals surface area contributed by atoms with Crippen molar-refractivity contribution in [1.82, 2.24) is 14.6 Å². The molecule has 1 fully saturated rings. The Morgan fingerprint density at radius 3 is 2.62 bits per heavy atom. The summed E-state index contributed by atoms with van der Waals surface area (Å²) in [7, 11) is -3.99. The number of hydrogen-bond acceptors (Lipinski definition) is 6. The largest absolute Gasteiger partial charge is 0.384 e. The van der Waals surface area contributed by atoms with Crippen molar-refractivity contribution in [3.8, 4) is 11.1 Å². The third-order valence-corrected chi connectivity index (χ3v) is 6.32. The van der Waals surface area contributed by atoms with E-state index >= 15 is 0 Å². The van der Waals surface area contributed by atoms with Gasteiger partial charge in [0.1, 0.15) is 23.3 Å². The molecule has 2 aromatic rings. The molecule has 1 unspecified atom stereocenters. The van der Waals surface area contributed by atoms with Crippen LogP contribution in [0, 0.1) is 24.4 Å². The van der Waals surface area contributed by atoms with Gasteiger partial charge < -0.3 is 9.74 Å². The summed E-state index contributed by atoms with van der Waals surface area (Å²) >= 11 is 0. The number of pyridine rings is 1. The summed E-state index contributed by atoms with van der Waals surface area (Å²) < 4.78 is 80.8. The molecule has 0 amide bonds. The number of halogens is 4. The van der Waals surface area contributed by atoms with Gasteiger partial charge in [-0.15, -0.1) is 0 Å². The number of benzene rings is 1. The molecule has 0 bridgehead atoms. The second-order valence-corrected chi connectivity index (χ2v) is 9.45. The second-order valence-electron chi connectivity index (χ2n) is 7.77. The van der Waals surface area contributed by atoms with Gasteiger partial charge in [0, 0.05) is 24.7 Å². The normalized spacial score (nSPS) is 21.0. The zero-order chi connectivity index (χ0) is 23.0. The highest BCUT2D eigenvalue weighted by Gasteiger charge is 2.35. The molecule has 2 atom stereocenters. The maximum Gasteiger partial charge on any atom is 0.241 e. The number of aromatic nitrogens is 1. The summed E-state index contributed by atoms with van der Waals surface area (Å²) in [5, 5.41) is 4.01. The highest BCUT2D eigenvalue weighted by molar-refractivity contribution is 7.89. The van der Waals surface area contributed by atoms with Gasteiger partial charge in [0.2, 0.25) is 16.0 Å². The zero-order valence-corrected chi connectivity index (χ0v) is 17.8. The number of amidine groups is 1. The average Bonchev–Trinajstić information content (AvgIpc) is 3.37. The maximum atomic E-state index is 14.6. The van der Waals surface area contributed by atoms with Gasteiger partial charge in [-0.3, -0.25) is 4.98 Å². The topological polar surface area (TPSA) is 83.9 Å². The van der Waals surface area contributed by atoms with E-state index in [1.165, 1.54) is 6.92 Å². The van der Waals surface area contributed by atoms with Crippen molar-refractivity contribution in [3.63, 3.8) is 0 Å². The number of sulfonamides is 1. The highest BCUT2D eigenvalue weighted by atomic mass is 32.2. The molecular weight excluding hydrogens is 452 g/mol. The lowest BCUT2D eigenvalue weighted by Crippen LogP contribution is -2.38. The zero-order valence-electron chi connectivity index (χ0n) is 17.0. The van der Waals surface area contributed by atoms with Gasteiger partial charge in [-0.25, -0.2) is 30.7 Å². The Labute approximate surface area is 182 Å². The average molecular weight is 472 g/mol. The molecular formula is C20H20F4N4O3S. The predicted molar refractivity (Wildman–Crippen MR) is 108 cm³/mol. The fourth-order valence-electron chi connectivity index (χ4n) is 3.94. The molecule has 0 aliphatic carbocycles. The van der Waals surface area contributed by atoms with Crippen LogP contribution < -0.4 is 4.72 Å². The second kappa shape index (κ2) is 8.66. The monoisotopic (exact) mass is 472 g/mol. The quantitative estimate of drug-likeness (QED) is 0.676. The van der Waals surface area contributed by atoms with Crippen LogP contribution in [0.1, 0.15) is 30.2 Å². The molecule has 0 spiro atoms. The predicted octanol–water partition coefficient (Wildman–Crippen LogP) is 3.17. The first-order chi connectivity index (χ1) is 15.2. The van der Waals surface area contributed by atoms with E-state index in [1.54, 1.807) is 4.90 Å². The van der Waals surface area contributed by atoms with Crippen LogP contribution >= 0.6 is 0 Å². The van der Waals surface area contributed by atoms with E-state index in [-0.39, 0.29) is 24.2 Å². The number of likely N-dealkylation sites (tertiary alicyclic amines) is 1. The molecule has 1 aromatic carbocycles. The number of hydrogen-bond donors (Lipinski definition) is 1. The van der Waals surface area contributed by atoms with Crippen molar-refractivity contribution in [1.29, 1.82) is 0 Å². The summed E-state index contributed by atoms with van der Waals surface area (Å²) in [6.45, 7) is 2.26. The Hall–Kier alpha value is -2.73. The molecule has 0 saturated carbocycles. The van der Waals surface area contributed by atoms with E-state index < -0.39 is 51.2 Å². The number of nitrogens with zero attached hydrogens (tertiary/aromatic N) is 3. The maximum absolute atomic E-state index is 14.6. The first-order valence-corrected chi connectivity index (χ1v) is 11.5. The van der Waals surface area contributed by atoms with Gasteiger partial charge in [0.25, 0.3) is 0 Å². The lowest BCUT2D eigenvalue weighted by Gasteiger charge is -2.18. The Kier molecular flexibility index (Phi) is 6.08. The van der Waals surface area contributed by atoms with Crippen molar-refractivity contribution in [2.45, 2.75) is 31.9 Å². The molecule has 1 saturated heterocycles. The van der Waals surface area contributed by atoms with Crippen LogP contribution in [0.5, 0.6) is 0 Å². The van der Waals surface area contributed by atoms with E-state index in [4.69, 9.17) is 4.84 Å². The lowest BCUT2D eigenvalue weighted by atomic mass is 9.97. The van der Waals surface area contributed by atoms with Crippen molar-refractivity contribution in [2.75, 3.05) is 19.1 Å². The van der Waals surface area contributed by atoms with Crippen molar-refractivity contribution in [2.24, 2.45) is 5.16 Å². The Morgan fingerprint density at radius 2 is 1.94 bits per heavy atom. The molecule has 1 N–H and O–H groups in total. The Morgan fingerprint density at radius 1 is 1.22 bits per heavy atom. The van der Waals surface area contributed by atoms with Gasteiger partial charge in [0.15, 0.2) is 6.10 Å². The van der Waals surface area contributed by atoms with Crippen LogP contribution in [0.15, 0.2) is 29.6 Å². The van der Waals surface area contributed by atoms with E-state index in [0.29, 0.717) is 24.4 Å². The lowest BCUT2D eigenvalue weighted by molar-refractivity contribution is 0.0827. The van der Waals surface area contributed by atoms with E-state index in [0.717, 1.165) is 24.4 Å².